The second-order valence-corrected chi connectivity index (χ2v) is 3.16. The molecule has 0 saturated carbocycles. The molecule has 0 aromatic carbocycles. The minimum atomic E-state index is 0.354. The van der Waals surface area contributed by atoms with Gasteiger partial charge in [0.1, 0.15) is 0 Å². The monoisotopic (exact) mass is 161 g/mol. The summed E-state index contributed by atoms with van der Waals surface area (Å²) in [6.45, 7) is 4.14. The number of rotatable bonds is 0. The third-order valence-electron chi connectivity index (χ3n) is 1.73. The normalized spacial score (nSPS) is 37.0. The molecule has 1 saturated heterocycles. The summed E-state index contributed by atoms with van der Waals surface area (Å²) in [6, 6.07) is 0.354. The van der Waals surface area contributed by atoms with Crippen LogP contribution < -0.4 is 5.43 Å². The molecule has 9 heavy (non-hydrogen) atoms. The Morgan fingerprint density at radius 3 is 2.33 bits per heavy atom. The van der Waals surface area contributed by atoms with E-state index in [9.17, 15) is 0 Å². The molecular weight excluding hydrogens is 152 g/mol. The van der Waals surface area contributed by atoms with Crippen molar-refractivity contribution in [3.63, 3.8) is 0 Å². The molecule has 1 rings (SSSR count). The molecule has 1 aliphatic heterocycles. The highest BCUT2D eigenvalue weighted by molar-refractivity contribution is 7.80. The highest BCUT2D eigenvalue weighted by Crippen LogP contribution is 2.15. The maximum atomic E-state index is 4.98. The summed E-state index contributed by atoms with van der Waals surface area (Å²) in [6.07, 6.45) is 0. The van der Waals surface area contributed by atoms with E-state index in [-0.39, 0.29) is 0 Å². The molecule has 2 atom stereocenters. The lowest BCUT2D eigenvalue weighted by molar-refractivity contribution is 0.362. The fraction of sp³-hybridized carbons (Fsp3) is 0.800. The summed E-state index contributed by atoms with van der Waals surface area (Å²) in [4.78, 5) is 0.859. The molecule has 0 aromatic heterocycles. The van der Waals surface area contributed by atoms with Crippen LogP contribution in [0.2, 0.25) is 0 Å². The van der Waals surface area contributed by atoms with Crippen LogP contribution in [0.15, 0.2) is 0 Å². The van der Waals surface area contributed by atoms with E-state index in [1.54, 1.807) is 4.41 Å². The first-order valence-electron chi connectivity index (χ1n) is 2.90. The first-order valence-corrected chi connectivity index (χ1v) is 3.67. The molecule has 0 unspecified atom stereocenters. The molecule has 52 valence electrons. The zero-order chi connectivity index (χ0) is 7.02. The Morgan fingerprint density at radius 2 is 2.22 bits per heavy atom. The molecule has 1 heterocycles. The Hall–Kier alpha value is 0.200. The second kappa shape index (κ2) is 2.44. The van der Waals surface area contributed by atoms with Gasteiger partial charge in [0.2, 0.25) is 0 Å². The number of nitrogens with zero attached hydrogens (tertiary/aromatic N) is 1. The molecule has 4 heteroatoms. The van der Waals surface area contributed by atoms with E-state index < -0.39 is 0 Å². The van der Waals surface area contributed by atoms with Crippen LogP contribution in [0.3, 0.4) is 0 Å². The summed E-state index contributed by atoms with van der Waals surface area (Å²) in [5, 5.41) is 0. The standard InChI is InChI=1S/C5H9N2S2/c1-3-4(2)7(9)6-5(3)8/h3-4H,1-2H3,(H,6,8)/q-1/t3-,4+/m1/s1. The van der Waals surface area contributed by atoms with Gasteiger partial charge in [-0.1, -0.05) is 19.1 Å². The Morgan fingerprint density at radius 1 is 1.67 bits per heavy atom. The van der Waals surface area contributed by atoms with Gasteiger partial charge in [0.25, 0.3) is 0 Å². The molecule has 1 aliphatic rings. The molecule has 0 aromatic rings. The van der Waals surface area contributed by atoms with Crippen LogP contribution in [0.5, 0.6) is 0 Å². The Bertz CT molecular complexity index is 137. The number of hydrogen-bond donors (Lipinski definition) is 1. The summed E-state index contributed by atoms with van der Waals surface area (Å²) in [5.41, 5.74) is 2.90. The predicted molar refractivity (Wildman–Crippen MR) is 43.6 cm³/mol. The molecule has 0 radical (unpaired) electrons. The van der Waals surface area contributed by atoms with Crippen LogP contribution in [-0.2, 0) is 12.8 Å². The maximum absolute atomic E-state index is 4.98. The van der Waals surface area contributed by atoms with Crippen molar-refractivity contribution in [3.05, 3.63) is 0 Å². The Balaban J connectivity index is 2.65. The average molecular weight is 161 g/mol. The largest absolute Gasteiger partial charge is 0.678 e. The van der Waals surface area contributed by atoms with Gasteiger partial charge in [-0.25, -0.2) is 0 Å². The van der Waals surface area contributed by atoms with Crippen LogP contribution in [0.4, 0.5) is 0 Å². The molecule has 0 aliphatic carbocycles. The fourth-order valence-corrected chi connectivity index (χ4v) is 1.37. The Kier molecular flexibility index (Phi) is 1.98. The first kappa shape index (κ1) is 7.31. The van der Waals surface area contributed by atoms with Crippen molar-refractivity contribution in [2.75, 3.05) is 0 Å². The van der Waals surface area contributed by atoms with E-state index in [1.807, 2.05) is 0 Å². The number of nitrogens with one attached hydrogen (secondary N) is 1. The smallest absolute Gasteiger partial charge is 0.0925 e. The van der Waals surface area contributed by atoms with Gasteiger partial charge >= 0.3 is 0 Å². The van der Waals surface area contributed by atoms with E-state index in [2.05, 4.69) is 19.3 Å². The van der Waals surface area contributed by atoms with E-state index in [0.717, 1.165) is 4.99 Å². The van der Waals surface area contributed by atoms with Gasteiger partial charge in [-0.15, -0.1) is 0 Å². The minimum Gasteiger partial charge on any atom is -0.678 e. The van der Waals surface area contributed by atoms with E-state index in [0.29, 0.717) is 12.0 Å². The van der Waals surface area contributed by atoms with Gasteiger partial charge in [0, 0.05) is 12.0 Å². The van der Waals surface area contributed by atoms with Crippen molar-refractivity contribution < 1.29 is 0 Å². The second-order valence-electron chi connectivity index (χ2n) is 2.33. The topological polar surface area (TPSA) is 15.3 Å². The highest BCUT2D eigenvalue weighted by Gasteiger charge is 2.24. The first-order chi connectivity index (χ1) is 4.13. The van der Waals surface area contributed by atoms with Crippen molar-refractivity contribution in [3.8, 4) is 0 Å². The van der Waals surface area contributed by atoms with E-state index >= 15 is 0 Å². The fourth-order valence-electron chi connectivity index (χ4n) is 0.734. The van der Waals surface area contributed by atoms with Crippen LogP contribution in [-0.4, -0.2) is 15.4 Å². The zero-order valence-corrected chi connectivity index (χ0v) is 7.05. The summed E-state index contributed by atoms with van der Waals surface area (Å²) in [7, 11) is 0. The average Bonchev–Trinajstić information content (AvgIpc) is 1.98. The number of hydrogen-bond acceptors (Lipinski definition) is 3. The van der Waals surface area contributed by atoms with Gasteiger partial charge in [0.05, 0.1) is 4.99 Å². The predicted octanol–water partition coefficient (Wildman–Crippen LogP) is 0.621. The van der Waals surface area contributed by atoms with Crippen LogP contribution in [0.25, 0.3) is 0 Å². The van der Waals surface area contributed by atoms with Crippen molar-refractivity contribution in [1.29, 1.82) is 0 Å². The van der Waals surface area contributed by atoms with Crippen LogP contribution in [0, 0.1) is 5.92 Å². The van der Waals surface area contributed by atoms with Crippen molar-refractivity contribution in [2.45, 2.75) is 19.9 Å². The lowest BCUT2D eigenvalue weighted by Gasteiger charge is -2.28. The van der Waals surface area contributed by atoms with Gasteiger partial charge in [-0.05, 0) is 6.92 Å². The van der Waals surface area contributed by atoms with Crippen molar-refractivity contribution in [2.24, 2.45) is 5.92 Å². The summed E-state index contributed by atoms with van der Waals surface area (Å²) < 4.78 is 1.63. The molecule has 0 bridgehead atoms. The lowest BCUT2D eigenvalue weighted by Crippen LogP contribution is -2.30. The third-order valence-corrected chi connectivity index (χ3v) is 2.61. The molecular formula is C5H9N2S2-. The SMILES string of the molecule is C[C@H]1C(=S)NN([S-])[C@H]1C. The molecule has 0 amide bonds. The van der Waals surface area contributed by atoms with Crippen molar-refractivity contribution >= 4 is 30.0 Å². The Labute approximate surface area is 66.1 Å². The number of thiocarbonyl (C=S) groups is 1. The maximum Gasteiger partial charge on any atom is 0.0925 e. The molecule has 1 fully saturated rings. The summed E-state index contributed by atoms with van der Waals surface area (Å²) in [5.74, 6) is 0.400. The van der Waals surface area contributed by atoms with Crippen LogP contribution >= 0.6 is 12.2 Å². The van der Waals surface area contributed by atoms with Gasteiger partial charge in [0.15, 0.2) is 0 Å². The van der Waals surface area contributed by atoms with E-state index in [4.69, 9.17) is 25.0 Å². The third kappa shape index (κ3) is 1.20. The molecule has 0 spiro atoms. The number of hydrazine groups is 1. The van der Waals surface area contributed by atoms with Gasteiger partial charge < -0.3 is 22.7 Å². The van der Waals surface area contributed by atoms with Gasteiger partial charge in [-0.2, -0.15) is 0 Å². The van der Waals surface area contributed by atoms with Crippen LogP contribution in [0.1, 0.15) is 13.8 Å². The van der Waals surface area contributed by atoms with Crippen molar-refractivity contribution in [1.82, 2.24) is 9.84 Å². The quantitative estimate of drug-likeness (QED) is 0.413. The molecule has 2 nitrogen and oxygen atoms in total. The van der Waals surface area contributed by atoms with E-state index in [1.165, 1.54) is 0 Å². The summed E-state index contributed by atoms with van der Waals surface area (Å²) >= 11 is 9.89. The highest BCUT2D eigenvalue weighted by atomic mass is 32.1. The minimum absolute atomic E-state index is 0.354. The lowest BCUT2D eigenvalue weighted by atomic mass is 10.1. The zero-order valence-electron chi connectivity index (χ0n) is 5.42. The van der Waals surface area contributed by atoms with Gasteiger partial charge in [-0.3, -0.25) is 0 Å². The molecule has 1 N–H and O–H groups in total.